The SMILES string of the molecule is COCCC(C)(C)CNCC1(N)CCC1. The molecule has 0 saturated heterocycles. The molecule has 0 atom stereocenters. The van der Waals surface area contributed by atoms with E-state index >= 15 is 0 Å². The molecule has 0 spiro atoms. The Bertz CT molecular complexity index is 188. The lowest BCUT2D eigenvalue weighted by molar-refractivity contribution is 0.146. The van der Waals surface area contributed by atoms with E-state index in [2.05, 4.69) is 19.2 Å². The lowest BCUT2D eigenvalue weighted by Crippen LogP contribution is -2.54. The van der Waals surface area contributed by atoms with Crippen LogP contribution in [0.2, 0.25) is 0 Å². The van der Waals surface area contributed by atoms with Gasteiger partial charge in [0.1, 0.15) is 0 Å². The maximum Gasteiger partial charge on any atom is 0.0467 e. The summed E-state index contributed by atoms with van der Waals surface area (Å²) < 4.78 is 5.10. The monoisotopic (exact) mass is 214 g/mol. The van der Waals surface area contributed by atoms with Crippen LogP contribution in [0.5, 0.6) is 0 Å². The van der Waals surface area contributed by atoms with E-state index in [4.69, 9.17) is 10.5 Å². The van der Waals surface area contributed by atoms with Crippen LogP contribution in [-0.2, 0) is 4.74 Å². The van der Waals surface area contributed by atoms with Crippen LogP contribution >= 0.6 is 0 Å². The summed E-state index contributed by atoms with van der Waals surface area (Å²) in [6.45, 7) is 7.35. The van der Waals surface area contributed by atoms with E-state index in [1.54, 1.807) is 7.11 Å². The summed E-state index contributed by atoms with van der Waals surface area (Å²) in [5, 5.41) is 3.50. The first-order valence-corrected chi connectivity index (χ1v) is 5.96. The van der Waals surface area contributed by atoms with Gasteiger partial charge in [0, 0.05) is 32.3 Å². The molecule has 1 aliphatic carbocycles. The second-order valence-corrected chi connectivity index (χ2v) is 5.73. The summed E-state index contributed by atoms with van der Waals surface area (Å²) in [5.41, 5.74) is 6.54. The van der Waals surface area contributed by atoms with Crippen molar-refractivity contribution in [1.29, 1.82) is 0 Å². The van der Waals surface area contributed by atoms with Crippen molar-refractivity contribution in [3.63, 3.8) is 0 Å². The molecular formula is C12H26N2O. The van der Waals surface area contributed by atoms with Gasteiger partial charge in [-0.2, -0.15) is 0 Å². The maximum atomic E-state index is 6.15. The minimum atomic E-state index is 0.0946. The van der Waals surface area contributed by atoms with Crippen molar-refractivity contribution in [3.05, 3.63) is 0 Å². The fourth-order valence-electron chi connectivity index (χ4n) is 1.92. The summed E-state index contributed by atoms with van der Waals surface area (Å²) in [4.78, 5) is 0. The molecule has 3 heteroatoms. The Kier molecular flexibility index (Phi) is 4.56. The molecule has 0 bridgehead atoms. The number of hydrogen-bond donors (Lipinski definition) is 2. The van der Waals surface area contributed by atoms with Crippen LogP contribution in [0.4, 0.5) is 0 Å². The molecule has 1 saturated carbocycles. The highest BCUT2D eigenvalue weighted by Crippen LogP contribution is 2.28. The largest absolute Gasteiger partial charge is 0.385 e. The molecule has 3 N–H and O–H groups in total. The molecule has 0 amide bonds. The molecule has 0 aromatic heterocycles. The summed E-state index contributed by atoms with van der Waals surface area (Å²) >= 11 is 0. The van der Waals surface area contributed by atoms with E-state index < -0.39 is 0 Å². The topological polar surface area (TPSA) is 47.3 Å². The average molecular weight is 214 g/mol. The Morgan fingerprint density at radius 1 is 1.40 bits per heavy atom. The van der Waals surface area contributed by atoms with Crippen LogP contribution in [-0.4, -0.2) is 32.3 Å². The Hall–Kier alpha value is -0.120. The van der Waals surface area contributed by atoms with E-state index in [-0.39, 0.29) is 5.54 Å². The van der Waals surface area contributed by atoms with E-state index in [9.17, 15) is 0 Å². The van der Waals surface area contributed by atoms with Crippen LogP contribution < -0.4 is 11.1 Å². The molecule has 15 heavy (non-hydrogen) atoms. The van der Waals surface area contributed by atoms with Gasteiger partial charge in [0.05, 0.1) is 0 Å². The van der Waals surface area contributed by atoms with Crippen molar-refractivity contribution in [2.75, 3.05) is 26.8 Å². The van der Waals surface area contributed by atoms with E-state index in [0.717, 1.165) is 26.1 Å². The van der Waals surface area contributed by atoms with Crippen LogP contribution in [0, 0.1) is 5.41 Å². The predicted octanol–water partition coefficient (Wildman–Crippen LogP) is 1.52. The van der Waals surface area contributed by atoms with Gasteiger partial charge in [0.15, 0.2) is 0 Å². The smallest absolute Gasteiger partial charge is 0.0467 e. The third-order valence-corrected chi connectivity index (χ3v) is 3.41. The summed E-state index contributed by atoms with van der Waals surface area (Å²) in [6, 6.07) is 0. The quantitative estimate of drug-likeness (QED) is 0.675. The molecule has 90 valence electrons. The highest BCUT2D eigenvalue weighted by molar-refractivity contribution is 4.94. The summed E-state index contributed by atoms with van der Waals surface area (Å²) in [7, 11) is 1.76. The molecule has 1 rings (SSSR count). The van der Waals surface area contributed by atoms with Crippen LogP contribution in [0.25, 0.3) is 0 Å². The van der Waals surface area contributed by atoms with Gasteiger partial charge in [-0.05, 0) is 31.1 Å². The first-order valence-electron chi connectivity index (χ1n) is 5.96. The molecule has 1 aliphatic rings. The zero-order valence-electron chi connectivity index (χ0n) is 10.4. The maximum absolute atomic E-state index is 6.15. The molecular weight excluding hydrogens is 188 g/mol. The van der Waals surface area contributed by atoms with Crippen molar-refractivity contribution in [3.8, 4) is 0 Å². The van der Waals surface area contributed by atoms with E-state index in [1.165, 1.54) is 19.3 Å². The third-order valence-electron chi connectivity index (χ3n) is 3.41. The molecule has 0 aromatic rings. The molecule has 3 nitrogen and oxygen atoms in total. The summed E-state index contributed by atoms with van der Waals surface area (Å²) in [5.74, 6) is 0. The molecule has 0 aliphatic heterocycles. The van der Waals surface area contributed by atoms with Crippen molar-refractivity contribution in [2.45, 2.75) is 45.1 Å². The highest BCUT2D eigenvalue weighted by atomic mass is 16.5. The predicted molar refractivity (Wildman–Crippen MR) is 63.9 cm³/mol. The van der Waals surface area contributed by atoms with Crippen LogP contribution in [0.1, 0.15) is 39.5 Å². The first-order chi connectivity index (χ1) is 6.97. The third kappa shape index (κ3) is 4.49. The van der Waals surface area contributed by atoms with Gasteiger partial charge in [0.25, 0.3) is 0 Å². The molecule has 1 fully saturated rings. The van der Waals surface area contributed by atoms with Crippen LogP contribution in [0.3, 0.4) is 0 Å². The highest BCUT2D eigenvalue weighted by Gasteiger charge is 2.32. The number of methoxy groups -OCH3 is 1. The Balaban J connectivity index is 2.12. The summed E-state index contributed by atoms with van der Waals surface area (Å²) in [6.07, 6.45) is 4.75. The Morgan fingerprint density at radius 2 is 2.07 bits per heavy atom. The molecule has 0 unspecified atom stereocenters. The van der Waals surface area contributed by atoms with Gasteiger partial charge in [-0.25, -0.2) is 0 Å². The first kappa shape index (κ1) is 12.9. The van der Waals surface area contributed by atoms with Gasteiger partial charge in [-0.3, -0.25) is 0 Å². The van der Waals surface area contributed by atoms with Crippen molar-refractivity contribution in [1.82, 2.24) is 5.32 Å². The Morgan fingerprint density at radius 3 is 2.53 bits per heavy atom. The number of hydrogen-bond acceptors (Lipinski definition) is 3. The van der Waals surface area contributed by atoms with E-state index in [0.29, 0.717) is 5.41 Å². The van der Waals surface area contributed by atoms with Crippen molar-refractivity contribution < 1.29 is 4.74 Å². The normalized spacial score (nSPS) is 20.0. The van der Waals surface area contributed by atoms with E-state index in [1.807, 2.05) is 0 Å². The van der Waals surface area contributed by atoms with Crippen LogP contribution in [0.15, 0.2) is 0 Å². The second kappa shape index (κ2) is 5.28. The fourth-order valence-corrected chi connectivity index (χ4v) is 1.92. The molecule has 0 heterocycles. The van der Waals surface area contributed by atoms with Crippen molar-refractivity contribution in [2.24, 2.45) is 11.1 Å². The fraction of sp³-hybridized carbons (Fsp3) is 1.00. The van der Waals surface area contributed by atoms with Gasteiger partial charge in [-0.1, -0.05) is 13.8 Å². The standard InChI is InChI=1S/C12H26N2O/c1-11(2,7-8-15-3)9-14-10-12(13)5-4-6-12/h14H,4-10,13H2,1-3H3. The number of ether oxygens (including phenoxy) is 1. The number of nitrogens with one attached hydrogen (secondary N) is 1. The lowest BCUT2D eigenvalue weighted by Gasteiger charge is -2.39. The second-order valence-electron chi connectivity index (χ2n) is 5.73. The van der Waals surface area contributed by atoms with Gasteiger partial charge in [-0.15, -0.1) is 0 Å². The molecule has 0 radical (unpaired) electrons. The number of rotatable bonds is 7. The lowest BCUT2D eigenvalue weighted by atomic mass is 9.77. The minimum Gasteiger partial charge on any atom is -0.385 e. The average Bonchev–Trinajstić information content (AvgIpc) is 2.12. The minimum absolute atomic E-state index is 0.0946. The zero-order valence-corrected chi connectivity index (χ0v) is 10.4. The van der Waals surface area contributed by atoms with Gasteiger partial charge < -0.3 is 15.8 Å². The molecule has 0 aromatic carbocycles. The van der Waals surface area contributed by atoms with Gasteiger partial charge in [0.2, 0.25) is 0 Å². The van der Waals surface area contributed by atoms with Crippen molar-refractivity contribution >= 4 is 0 Å². The Labute approximate surface area is 93.8 Å². The number of nitrogens with two attached hydrogens (primary N) is 1. The van der Waals surface area contributed by atoms with Gasteiger partial charge >= 0.3 is 0 Å². The zero-order chi connectivity index (χ0) is 11.4.